The predicted octanol–water partition coefficient (Wildman–Crippen LogP) is 4.41. The van der Waals surface area contributed by atoms with E-state index in [1.165, 1.54) is 12.0 Å². The predicted molar refractivity (Wildman–Crippen MR) is 122 cm³/mol. The number of hydrogen-bond acceptors (Lipinski definition) is 5. The number of fused-ring (bicyclic) bond motifs is 1. The molecule has 1 aromatic heterocycles. The van der Waals surface area contributed by atoms with Gasteiger partial charge in [-0.05, 0) is 37.1 Å². The normalized spacial score (nSPS) is 17.8. The Morgan fingerprint density at radius 3 is 2.62 bits per heavy atom. The molecule has 4 rings (SSSR count). The van der Waals surface area contributed by atoms with Crippen LogP contribution in [0.4, 0.5) is 0 Å². The molecular formula is C25H26N2O5. The topological polar surface area (TPSA) is 91.9 Å². The van der Waals surface area contributed by atoms with Crippen molar-refractivity contribution in [3.05, 3.63) is 65.4 Å². The van der Waals surface area contributed by atoms with Crippen LogP contribution in [0, 0.1) is 0 Å². The second kappa shape index (κ2) is 8.78. The lowest BCUT2D eigenvalue weighted by Crippen LogP contribution is -2.30. The molecule has 1 aliphatic heterocycles. The molecule has 2 heterocycles. The van der Waals surface area contributed by atoms with Crippen molar-refractivity contribution in [3.63, 3.8) is 0 Å². The number of nitrogens with one attached hydrogen (secondary N) is 1. The first kappa shape index (κ1) is 21.5. The van der Waals surface area contributed by atoms with Crippen molar-refractivity contribution in [2.45, 2.75) is 26.3 Å². The van der Waals surface area contributed by atoms with Gasteiger partial charge in [0.05, 0.1) is 25.3 Å². The minimum absolute atomic E-state index is 0.0689. The molecule has 7 heteroatoms. The summed E-state index contributed by atoms with van der Waals surface area (Å²) in [6.45, 7) is 4.68. The number of ether oxygens (including phenoxy) is 2. The fourth-order valence-electron chi connectivity index (χ4n) is 4.24. The van der Waals surface area contributed by atoms with Crippen molar-refractivity contribution in [3.8, 4) is 11.5 Å². The molecule has 1 saturated heterocycles. The molecule has 1 atom stereocenters. The maximum absolute atomic E-state index is 13.1. The molecule has 1 unspecified atom stereocenters. The molecule has 1 amide bonds. The Balaban J connectivity index is 1.91. The van der Waals surface area contributed by atoms with Gasteiger partial charge >= 0.3 is 0 Å². The number of hydrogen-bond donors (Lipinski definition) is 2. The third-order valence-electron chi connectivity index (χ3n) is 5.65. The van der Waals surface area contributed by atoms with E-state index < -0.39 is 17.7 Å². The van der Waals surface area contributed by atoms with Gasteiger partial charge in [0, 0.05) is 29.2 Å². The lowest BCUT2D eigenvalue weighted by molar-refractivity contribution is -0.139. The minimum atomic E-state index is -0.729. The summed E-state index contributed by atoms with van der Waals surface area (Å²) in [6.07, 6.45) is 2.33. The van der Waals surface area contributed by atoms with Gasteiger partial charge in [-0.3, -0.25) is 9.59 Å². The number of methoxy groups -OCH3 is 1. The van der Waals surface area contributed by atoms with Crippen LogP contribution in [0.5, 0.6) is 11.5 Å². The zero-order chi connectivity index (χ0) is 22.8. The first-order chi connectivity index (χ1) is 15.5. The van der Waals surface area contributed by atoms with Gasteiger partial charge in [-0.25, -0.2) is 0 Å². The first-order valence-electron chi connectivity index (χ1n) is 10.7. The molecular weight excluding hydrogens is 408 g/mol. The van der Waals surface area contributed by atoms with Crippen LogP contribution in [0.15, 0.2) is 54.2 Å². The average molecular weight is 434 g/mol. The number of aromatic nitrogens is 1. The highest BCUT2D eigenvalue weighted by Gasteiger charge is 2.46. The van der Waals surface area contributed by atoms with Crippen molar-refractivity contribution < 1.29 is 24.2 Å². The number of carbonyl (C=O) groups excluding carboxylic acids is 2. The monoisotopic (exact) mass is 434 g/mol. The van der Waals surface area contributed by atoms with E-state index in [1.807, 2.05) is 38.1 Å². The number of amides is 1. The quantitative estimate of drug-likeness (QED) is 0.327. The molecule has 166 valence electrons. The van der Waals surface area contributed by atoms with Crippen molar-refractivity contribution in [1.82, 2.24) is 9.88 Å². The standard InChI is InChI=1S/C25H26N2O5/c1-4-12-27-22(15-10-11-19(32-5-2)20(13-15)31-3)21(24(29)25(27)30)23(28)17-14-26-18-9-7-6-8-16(17)18/h6-11,13-14,22,26,28H,4-5,12H2,1-3H3/b23-21-. The maximum atomic E-state index is 13.1. The third-order valence-corrected chi connectivity index (χ3v) is 5.65. The molecule has 0 spiro atoms. The van der Waals surface area contributed by atoms with Crippen LogP contribution in [0.1, 0.15) is 37.4 Å². The van der Waals surface area contributed by atoms with Gasteiger partial charge in [0.1, 0.15) is 5.76 Å². The summed E-state index contributed by atoms with van der Waals surface area (Å²) in [6, 6.07) is 12.1. The largest absolute Gasteiger partial charge is 0.507 e. The number of para-hydroxylation sites is 1. The van der Waals surface area contributed by atoms with E-state index >= 15 is 0 Å². The van der Waals surface area contributed by atoms with Gasteiger partial charge in [-0.1, -0.05) is 31.2 Å². The van der Waals surface area contributed by atoms with Crippen LogP contribution in [0.2, 0.25) is 0 Å². The number of ketones is 1. The Labute approximate surface area is 186 Å². The fourth-order valence-corrected chi connectivity index (χ4v) is 4.24. The summed E-state index contributed by atoms with van der Waals surface area (Å²) in [5.74, 6) is -0.441. The number of benzene rings is 2. The first-order valence-corrected chi connectivity index (χ1v) is 10.7. The minimum Gasteiger partial charge on any atom is -0.507 e. The van der Waals surface area contributed by atoms with Crippen LogP contribution in [0.25, 0.3) is 16.7 Å². The van der Waals surface area contributed by atoms with E-state index in [-0.39, 0.29) is 11.3 Å². The number of rotatable bonds is 7. The molecule has 0 aliphatic carbocycles. The number of likely N-dealkylation sites (tertiary alicyclic amines) is 1. The summed E-state index contributed by atoms with van der Waals surface area (Å²) in [5, 5.41) is 12.1. The number of nitrogens with zero attached hydrogens (tertiary/aromatic N) is 1. The van der Waals surface area contributed by atoms with Crippen molar-refractivity contribution in [1.29, 1.82) is 0 Å². The van der Waals surface area contributed by atoms with Gasteiger partial charge < -0.3 is 24.5 Å². The summed E-state index contributed by atoms with van der Waals surface area (Å²) in [5.41, 5.74) is 2.05. The van der Waals surface area contributed by atoms with Crippen LogP contribution >= 0.6 is 0 Å². The number of H-pyrrole nitrogens is 1. The smallest absolute Gasteiger partial charge is 0.295 e. The Bertz CT molecular complexity index is 1210. The summed E-state index contributed by atoms with van der Waals surface area (Å²) < 4.78 is 11.1. The number of Topliss-reactive ketones (excluding diaryl/α,β-unsaturated/α-hetero) is 1. The zero-order valence-electron chi connectivity index (χ0n) is 18.3. The number of carbonyl (C=O) groups is 2. The fraction of sp³-hybridized carbons (Fsp3) is 0.280. The Hall–Kier alpha value is -3.74. The number of aromatic amines is 1. The van der Waals surface area contributed by atoms with E-state index in [2.05, 4.69) is 4.98 Å². The molecule has 32 heavy (non-hydrogen) atoms. The molecule has 1 fully saturated rings. The highest BCUT2D eigenvalue weighted by atomic mass is 16.5. The molecule has 2 N–H and O–H groups in total. The van der Waals surface area contributed by atoms with Crippen LogP contribution in [0.3, 0.4) is 0 Å². The lowest BCUT2D eigenvalue weighted by atomic mass is 9.94. The Kier molecular flexibility index (Phi) is 5.90. The molecule has 0 bridgehead atoms. The van der Waals surface area contributed by atoms with Crippen molar-refractivity contribution >= 4 is 28.4 Å². The number of aliphatic hydroxyl groups excluding tert-OH is 1. The van der Waals surface area contributed by atoms with Crippen LogP contribution in [-0.2, 0) is 9.59 Å². The van der Waals surface area contributed by atoms with Gasteiger partial charge in [-0.15, -0.1) is 0 Å². The van der Waals surface area contributed by atoms with Gasteiger partial charge in [0.25, 0.3) is 11.7 Å². The average Bonchev–Trinajstić information content (AvgIpc) is 3.34. The van der Waals surface area contributed by atoms with E-state index in [0.717, 1.165) is 10.9 Å². The highest BCUT2D eigenvalue weighted by Crippen LogP contribution is 2.42. The summed E-state index contributed by atoms with van der Waals surface area (Å²) in [7, 11) is 1.54. The second-order valence-corrected chi connectivity index (χ2v) is 7.58. The third kappa shape index (κ3) is 3.49. The molecule has 7 nitrogen and oxygen atoms in total. The summed E-state index contributed by atoms with van der Waals surface area (Å²) in [4.78, 5) is 30.6. The Morgan fingerprint density at radius 1 is 1.12 bits per heavy atom. The van der Waals surface area contributed by atoms with E-state index in [0.29, 0.717) is 42.2 Å². The maximum Gasteiger partial charge on any atom is 0.295 e. The van der Waals surface area contributed by atoms with Crippen LogP contribution < -0.4 is 9.47 Å². The molecule has 2 aromatic carbocycles. The van der Waals surface area contributed by atoms with Gasteiger partial charge in [-0.2, -0.15) is 0 Å². The van der Waals surface area contributed by atoms with Crippen molar-refractivity contribution in [2.24, 2.45) is 0 Å². The Morgan fingerprint density at radius 2 is 1.91 bits per heavy atom. The van der Waals surface area contributed by atoms with E-state index in [1.54, 1.807) is 24.4 Å². The lowest BCUT2D eigenvalue weighted by Gasteiger charge is -2.25. The van der Waals surface area contributed by atoms with Gasteiger partial charge in [0.2, 0.25) is 0 Å². The highest BCUT2D eigenvalue weighted by molar-refractivity contribution is 6.46. The number of aliphatic hydroxyl groups is 1. The molecule has 3 aromatic rings. The van der Waals surface area contributed by atoms with E-state index in [4.69, 9.17) is 9.47 Å². The molecule has 1 aliphatic rings. The van der Waals surface area contributed by atoms with Crippen LogP contribution in [-0.4, -0.2) is 46.9 Å². The summed E-state index contributed by atoms with van der Waals surface area (Å²) >= 11 is 0. The zero-order valence-corrected chi connectivity index (χ0v) is 18.3. The van der Waals surface area contributed by atoms with E-state index in [9.17, 15) is 14.7 Å². The van der Waals surface area contributed by atoms with Gasteiger partial charge in [0.15, 0.2) is 11.5 Å². The molecule has 0 saturated carbocycles. The SMILES string of the molecule is CCCN1C(=O)C(=O)/C(=C(\O)c2c[nH]c3ccccc23)C1c1ccc(OCC)c(OC)c1. The second-order valence-electron chi connectivity index (χ2n) is 7.58. The van der Waals surface area contributed by atoms with Crippen molar-refractivity contribution in [2.75, 3.05) is 20.3 Å². The molecule has 0 radical (unpaired) electrons.